The van der Waals surface area contributed by atoms with Crippen LogP contribution in [0.1, 0.15) is 19.8 Å². The van der Waals surface area contributed by atoms with Crippen LogP contribution in [0.4, 0.5) is 5.69 Å². The van der Waals surface area contributed by atoms with Crippen molar-refractivity contribution >= 4 is 70.8 Å². The normalized spacial score (nSPS) is 15.2. The maximum atomic E-state index is 12.8. The number of hydrogen-bond donors (Lipinski definition) is 2. The highest BCUT2D eigenvalue weighted by Gasteiger charge is 2.27. The summed E-state index contributed by atoms with van der Waals surface area (Å²) in [6.45, 7) is 3.00. The number of amides is 1. The molecule has 0 spiro atoms. The SMILES string of the molecule is CC1CCN(S(=O)(=O)c2ccc(NC(=S)NC(=O)COc3ccc(Br)cc3Br)cc2)CC1. The molecule has 3 rings (SSSR count). The lowest BCUT2D eigenvalue weighted by Gasteiger charge is -2.29. The van der Waals surface area contributed by atoms with E-state index in [1.165, 1.54) is 16.4 Å². The van der Waals surface area contributed by atoms with Crippen LogP contribution in [0.5, 0.6) is 5.75 Å². The molecule has 1 aliphatic heterocycles. The second-order valence-corrected chi connectivity index (χ2v) is 11.6. The molecule has 1 saturated heterocycles. The van der Waals surface area contributed by atoms with Crippen molar-refractivity contribution in [1.29, 1.82) is 0 Å². The summed E-state index contributed by atoms with van der Waals surface area (Å²) in [5.74, 6) is 0.657. The first-order valence-corrected chi connectivity index (χ1v) is 13.4. The largest absolute Gasteiger partial charge is 0.483 e. The van der Waals surface area contributed by atoms with E-state index in [0.29, 0.717) is 30.4 Å². The Bertz CT molecular complexity index is 1090. The molecule has 0 aromatic heterocycles. The van der Waals surface area contributed by atoms with Crippen LogP contribution >= 0.6 is 44.1 Å². The van der Waals surface area contributed by atoms with Crippen molar-refractivity contribution in [3.05, 3.63) is 51.4 Å². The summed E-state index contributed by atoms with van der Waals surface area (Å²) in [7, 11) is -3.51. The number of nitrogens with zero attached hydrogens (tertiary/aromatic N) is 1. The molecule has 2 N–H and O–H groups in total. The summed E-state index contributed by atoms with van der Waals surface area (Å²) < 4.78 is 34.2. The number of benzene rings is 2. The number of anilines is 1. The summed E-state index contributed by atoms with van der Waals surface area (Å²) in [4.78, 5) is 12.3. The van der Waals surface area contributed by atoms with Gasteiger partial charge in [0.25, 0.3) is 5.91 Å². The fraction of sp³-hybridized carbons (Fsp3) is 0.333. The van der Waals surface area contributed by atoms with Crippen LogP contribution in [0, 0.1) is 5.92 Å². The number of hydrogen-bond acceptors (Lipinski definition) is 5. The first-order chi connectivity index (χ1) is 15.1. The zero-order valence-corrected chi connectivity index (χ0v) is 22.1. The molecule has 32 heavy (non-hydrogen) atoms. The molecule has 7 nitrogen and oxygen atoms in total. The van der Waals surface area contributed by atoms with Crippen LogP contribution < -0.4 is 15.4 Å². The molecule has 1 aliphatic rings. The predicted molar refractivity (Wildman–Crippen MR) is 135 cm³/mol. The van der Waals surface area contributed by atoms with Gasteiger partial charge in [-0.3, -0.25) is 10.1 Å². The second-order valence-electron chi connectivity index (χ2n) is 7.48. The molecule has 0 atom stereocenters. The van der Waals surface area contributed by atoms with Gasteiger partial charge in [-0.1, -0.05) is 22.9 Å². The molecule has 1 amide bonds. The number of carbonyl (C=O) groups is 1. The molecule has 1 heterocycles. The minimum absolute atomic E-state index is 0.0918. The fourth-order valence-corrected chi connectivity index (χ4v) is 6.01. The van der Waals surface area contributed by atoms with Gasteiger partial charge in [-0.25, -0.2) is 8.42 Å². The Morgan fingerprint density at radius 2 is 1.81 bits per heavy atom. The van der Waals surface area contributed by atoms with Gasteiger partial charge < -0.3 is 10.1 Å². The van der Waals surface area contributed by atoms with Crippen molar-refractivity contribution in [2.75, 3.05) is 25.0 Å². The number of ether oxygens (including phenoxy) is 1. The van der Waals surface area contributed by atoms with Gasteiger partial charge >= 0.3 is 0 Å². The average molecular weight is 605 g/mol. The van der Waals surface area contributed by atoms with Crippen molar-refractivity contribution in [3.63, 3.8) is 0 Å². The van der Waals surface area contributed by atoms with Crippen LogP contribution in [0.15, 0.2) is 56.3 Å². The van der Waals surface area contributed by atoms with Gasteiger partial charge in [0.1, 0.15) is 5.75 Å². The van der Waals surface area contributed by atoms with Crippen LogP contribution in [0.2, 0.25) is 0 Å². The van der Waals surface area contributed by atoms with E-state index in [-0.39, 0.29) is 16.6 Å². The first-order valence-electron chi connectivity index (χ1n) is 9.94. The highest BCUT2D eigenvalue weighted by atomic mass is 79.9. The monoisotopic (exact) mass is 603 g/mol. The zero-order valence-electron chi connectivity index (χ0n) is 17.3. The fourth-order valence-electron chi connectivity index (χ4n) is 3.15. The molecule has 0 radical (unpaired) electrons. The van der Waals surface area contributed by atoms with E-state index in [4.69, 9.17) is 17.0 Å². The lowest BCUT2D eigenvalue weighted by molar-refractivity contribution is -0.121. The van der Waals surface area contributed by atoms with Crippen molar-refractivity contribution in [2.24, 2.45) is 5.92 Å². The van der Waals surface area contributed by atoms with E-state index in [2.05, 4.69) is 49.4 Å². The number of piperidine rings is 1. The van der Waals surface area contributed by atoms with E-state index in [9.17, 15) is 13.2 Å². The Kier molecular flexibility index (Phi) is 8.68. The summed E-state index contributed by atoms with van der Waals surface area (Å²) in [5, 5.41) is 5.50. The molecule has 0 aliphatic carbocycles. The molecule has 0 bridgehead atoms. The van der Waals surface area contributed by atoms with Gasteiger partial charge in [0.15, 0.2) is 11.7 Å². The van der Waals surface area contributed by atoms with Crippen molar-refractivity contribution in [1.82, 2.24) is 9.62 Å². The summed E-state index contributed by atoms with van der Waals surface area (Å²) >= 11 is 11.9. The average Bonchev–Trinajstić information content (AvgIpc) is 2.73. The Balaban J connectivity index is 1.51. The zero-order chi connectivity index (χ0) is 23.3. The molecule has 2 aromatic rings. The van der Waals surface area contributed by atoms with Gasteiger partial charge in [0, 0.05) is 23.2 Å². The molecular formula is C21H23Br2N3O4S2. The van der Waals surface area contributed by atoms with Crippen molar-refractivity contribution in [3.8, 4) is 5.75 Å². The Labute approximate surface area is 210 Å². The molecule has 0 unspecified atom stereocenters. The van der Waals surface area contributed by atoms with Gasteiger partial charge in [-0.2, -0.15) is 4.31 Å². The van der Waals surface area contributed by atoms with E-state index in [1.54, 1.807) is 24.3 Å². The van der Waals surface area contributed by atoms with Crippen LogP contribution in [-0.4, -0.2) is 43.4 Å². The van der Waals surface area contributed by atoms with E-state index in [1.807, 2.05) is 6.07 Å². The minimum atomic E-state index is -3.51. The molecule has 2 aromatic carbocycles. The maximum absolute atomic E-state index is 12.8. The van der Waals surface area contributed by atoms with Crippen LogP contribution in [-0.2, 0) is 14.8 Å². The summed E-state index contributed by atoms with van der Waals surface area (Å²) in [5.41, 5.74) is 0.568. The summed E-state index contributed by atoms with van der Waals surface area (Å²) in [6.07, 6.45) is 1.74. The third-order valence-corrected chi connectivity index (χ3v) is 8.23. The Morgan fingerprint density at radius 3 is 2.44 bits per heavy atom. The molecule has 0 saturated carbocycles. The molecule has 11 heteroatoms. The number of sulfonamides is 1. The highest BCUT2D eigenvalue weighted by Crippen LogP contribution is 2.28. The van der Waals surface area contributed by atoms with Crippen molar-refractivity contribution < 1.29 is 17.9 Å². The topological polar surface area (TPSA) is 87.7 Å². The number of halogens is 2. The quantitative estimate of drug-likeness (QED) is 0.471. The maximum Gasteiger partial charge on any atom is 0.264 e. The van der Waals surface area contributed by atoms with Gasteiger partial charge in [0.2, 0.25) is 10.0 Å². The summed E-state index contributed by atoms with van der Waals surface area (Å²) in [6, 6.07) is 11.7. The Hall–Kier alpha value is -1.53. The molecule has 1 fully saturated rings. The Morgan fingerprint density at radius 1 is 1.16 bits per heavy atom. The predicted octanol–water partition coefficient (Wildman–Crippen LogP) is 4.52. The van der Waals surface area contributed by atoms with E-state index < -0.39 is 15.9 Å². The lowest BCUT2D eigenvalue weighted by atomic mass is 10.0. The number of carbonyl (C=O) groups excluding carboxylic acids is 1. The van der Waals surface area contributed by atoms with Crippen LogP contribution in [0.25, 0.3) is 0 Å². The molecule has 172 valence electrons. The van der Waals surface area contributed by atoms with Gasteiger partial charge in [0.05, 0.1) is 9.37 Å². The highest BCUT2D eigenvalue weighted by molar-refractivity contribution is 9.11. The number of nitrogens with one attached hydrogen (secondary N) is 2. The first kappa shape index (κ1) is 25.1. The second kappa shape index (κ2) is 11.1. The van der Waals surface area contributed by atoms with Gasteiger partial charge in [-0.15, -0.1) is 0 Å². The number of thiocarbonyl (C=S) groups is 1. The third-order valence-electron chi connectivity index (χ3n) is 5.00. The van der Waals surface area contributed by atoms with Crippen LogP contribution in [0.3, 0.4) is 0 Å². The lowest BCUT2D eigenvalue weighted by Crippen LogP contribution is -2.38. The van der Waals surface area contributed by atoms with Crippen molar-refractivity contribution in [2.45, 2.75) is 24.7 Å². The van der Waals surface area contributed by atoms with Gasteiger partial charge in [-0.05, 0) is 89.4 Å². The standard InChI is InChI=1S/C21H23Br2N3O4S2/c1-14-8-10-26(11-9-14)32(28,29)17-5-3-16(4-6-17)24-21(31)25-20(27)13-30-19-7-2-15(22)12-18(19)23/h2-7,12,14H,8-11,13H2,1H3,(H2,24,25,27,31). The van der Waals surface area contributed by atoms with E-state index in [0.717, 1.165) is 21.8 Å². The minimum Gasteiger partial charge on any atom is -0.483 e. The third kappa shape index (κ3) is 6.74. The number of rotatable bonds is 6. The van der Waals surface area contributed by atoms with E-state index >= 15 is 0 Å². The molecular weight excluding hydrogens is 582 g/mol. The smallest absolute Gasteiger partial charge is 0.264 e.